The standard InChI is InChI=1S/C12H17F3N2O2S/c1-2-16-7-4-8-20(18,19)17-11-6-3-5-10(9-11)12(13,14)15/h3,5-6,9,16-17H,2,4,7-8H2,1H3. The van der Waals surface area contributed by atoms with E-state index in [4.69, 9.17) is 0 Å². The van der Waals surface area contributed by atoms with Gasteiger partial charge in [0.25, 0.3) is 0 Å². The number of benzene rings is 1. The highest BCUT2D eigenvalue weighted by molar-refractivity contribution is 7.92. The summed E-state index contributed by atoms with van der Waals surface area (Å²) in [6, 6.07) is 4.13. The molecule has 1 aromatic carbocycles. The quantitative estimate of drug-likeness (QED) is 0.761. The van der Waals surface area contributed by atoms with Crippen LogP contribution in [-0.4, -0.2) is 27.3 Å². The van der Waals surface area contributed by atoms with E-state index >= 15 is 0 Å². The first kappa shape index (κ1) is 16.8. The molecule has 0 bridgehead atoms. The minimum Gasteiger partial charge on any atom is -0.317 e. The van der Waals surface area contributed by atoms with E-state index in [-0.39, 0.29) is 11.4 Å². The van der Waals surface area contributed by atoms with Gasteiger partial charge in [0.1, 0.15) is 0 Å². The third kappa shape index (κ3) is 5.79. The van der Waals surface area contributed by atoms with Crippen LogP contribution in [0.2, 0.25) is 0 Å². The number of rotatable bonds is 7. The van der Waals surface area contributed by atoms with Crippen LogP contribution in [0.4, 0.5) is 18.9 Å². The molecule has 4 nitrogen and oxygen atoms in total. The molecule has 0 saturated carbocycles. The van der Waals surface area contributed by atoms with E-state index in [2.05, 4.69) is 10.0 Å². The highest BCUT2D eigenvalue weighted by Crippen LogP contribution is 2.30. The Labute approximate surface area is 116 Å². The minimum absolute atomic E-state index is 0.0803. The topological polar surface area (TPSA) is 58.2 Å². The molecule has 0 aliphatic carbocycles. The molecule has 0 aliphatic rings. The van der Waals surface area contributed by atoms with Crippen LogP contribution in [0.25, 0.3) is 0 Å². The Kier molecular flexibility index (Phi) is 5.82. The van der Waals surface area contributed by atoms with Gasteiger partial charge in [-0.1, -0.05) is 13.0 Å². The smallest absolute Gasteiger partial charge is 0.317 e. The number of hydrogen-bond acceptors (Lipinski definition) is 3. The Bertz CT molecular complexity index is 530. The second-order valence-corrected chi connectivity index (χ2v) is 6.05. The van der Waals surface area contributed by atoms with E-state index in [0.29, 0.717) is 13.0 Å². The molecular weight excluding hydrogens is 293 g/mol. The van der Waals surface area contributed by atoms with Crippen LogP contribution < -0.4 is 10.0 Å². The Morgan fingerprint density at radius 1 is 1.25 bits per heavy atom. The normalized spacial score (nSPS) is 12.4. The van der Waals surface area contributed by atoms with Gasteiger partial charge in [-0.2, -0.15) is 13.2 Å². The highest BCUT2D eigenvalue weighted by Gasteiger charge is 2.30. The minimum atomic E-state index is -4.49. The maximum Gasteiger partial charge on any atom is 0.416 e. The molecule has 114 valence electrons. The average Bonchev–Trinajstić information content (AvgIpc) is 2.33. The van der Waals surface area contributed by atoms with Crippen molar-refractivity contribution >= 4 is 15.7 Å². The summed E-state index contributed by atoms with van der Waals surface area (Å²) in [4.78, 5) is 0. The van der Waals surface area contributed by atoms with Gasteiger partial charge in [-0.3, -0.25) is 4.72 Å². The summed E-state index contributed by atoms with van der Waals surface area (Å²) in [6.45, 7) is 3.18. The fraction of sp³-hybridized carbons (Fsp3) is 0.500. The molecule has 0 aliphatic heterocycles. The lowest BCUT2D eigenvalue weighted by Crippen LogP contribution is -2.22. The first-order valence-corrected chi connectivity index (χ1v) is 7.78. The lowest BCUT2D eigenvalue weighted by Gasteiger charge is -2.11. The molecular formula is C12H17F3N2O2S. The molecule has 0 unspecified atom stereocenters. The van der Waals surface area contributed by atoms with E-state index < -0.39 is 21.8 Å². The molecule has 0 radical (unpaired) electrons. The molecule has 0 saturated heterocycles. The van der Waals surface area contributed by atoms with Crippen molar-refractivity contribution < 1.29 is 21.6 Å². The zero-order valence-corrected chi connectivity index (χ0v) is 11.8. The SMILES string of the molecule is CCNCCCS(=O)(=O)Nc1cccc(C(F)(F)F)c1. The molecule has 20 heavy (non-hydrogen) atoms. The predicted octanol–water partition coefficient (Wildman–Crippen LogP) is 2.45. The first-order valence-electron chi connectivity index (χ1n) is 6.13. The average molecular weight is 310 g/mol. The summed E-state index contributed by atoms with van der Waals surface area (Å²) in [7, 11) is -3.63. The van der Waals surface area contributed by atoms with E-state index in [1.54, 1.807) is 0 Å². The molecule has 8 heteroatoms. The lowest BCUT2D eigenvalue weighted by atomic mass is 10.2. The van der Waals surface area contributed by atoms with Crippen molar-refractivity contribution in [2.45, 2.75) is 19.5 Å². The van der Waals surface area contributed by atoms with Gasteiger partial charge in [0.2, 0.25) is 10.0 Å². The predicted molar refractivity (Wildman–Crippen MR) is 72.0 cm³/mol. The van der Waals surface area contributed by atoms with Gasteiger partial charge in [-0.15, -0.1) is 0 Å². The van der Waals surface area contributed by atoms with E-state index in [1.807, 2.05) is 6.92 Å². The fourth-order valence-corrected chi connectivity index (χ4v) is 2.67. The Morgan fingerprint density at radius 3 is 2.55 bits per heavy atom. The highest BCUT2D eigenvalue weighted by atomic mass is 32.2. The van der Waals surface area contributed by atoms with Crippen molar-refractivity contribution in [1.82, 2.24) is 5.32 Å². The third-order valence-corrected chi connectivity index (χ3v) is 3.85. The van der Waals surface area contributed by atoms with Crippen LogP contribution in [0.5, 0.6) is 0 Å². The number of sulfonamides is 1. The number of halogens is 3. The molecule has 0 fully saturated rings. The Hall–Kier alpha value is -1.28. The van der Waals surface area contributed by atoms with Gasteiger partial charge in [0.15, 0.2) is 0 Å². The number of hydrogen-bond donors (Lipinski definition) is 2. The van der Waals surface area contributed by atoms with Gasteiger partial charge in [-0.25, -0.2) is 8.42 Å². The second-order valence-electron chi connectivity index (χ2n) is 4.21. The Morgan fingerprint density at radius 2 is 1.95 bits per heavy atom. The lowest BCUT2D eigenvalue weighted by molar-refractivity contribution is -0.137. The largest absolute Gasteiger partial charge is 0.416 e. The molecule has 2 N–H and O–H groups in total. The van der Waals surface area contributed by atoms with Crippen molar-refractivity contribution in [3.8, 4) is 0 Å². The maximum absolute atomic E-state index is 12.5. The molecule has 0 spiro atoms. The fourth-order valence-electron chi connectivity index (χ4n) is 1.55. The van der Waals surface area contributed by atoms with E-state index in [0.717, 1.165) is 18.7 Å². The zero-order chi connectivity index (χ0) is 15.2. The molecule has 0 aromatic heterocycles. The van der Waals surface area contributed by atoms with Gasteiger partial charge in [0, 0.05) is 5.69 Å². The Balaban J connectivity index is 2.68. The van der Waals surface area contributed by atoms with Crippen molar-refractivity contribution in [3.63, 3.8) is 0 Å². The summed E-state index contributed by atoms with van der Waals surface area (Å²) in [5, 5.41) is 2.97. The van der Waals surface area contributed by atoms with E-state index in [1.165, 1.54) is 12.1 Å². The van der Waals surface area contributed by atoms with Gasteiger partial charge in [0.05, 0.1) is 11.3 Å². The monoisotopic (exact) mass is 310 g/mol. The van der Waals surface area contributed by atoms with Crippen molar-refractivity contribution in [2.24, 2.45) is 0 Å². The number of alkyl halides is 3. The third-order valence-electron chi connectivity index (χ3n) is 2.48. The summed E-state index contributed by atoms with van der Waals surface area (Å²) in [6.07, 6.45) is -4.10. The second kappa shape index (κ2) is 6.94. The summed E-state index contributed by atoms with van der Waals surface area (Å²) < 4.78 is 63.1. The summed E-state index contributed by atoms with van der Waals surface area (Å²) >= 11 is 0. The van der Waals surface area contributed by atoms with Gasteiger partial charge < -0.3 is 5.32 Å². The van der Waals surface area contributed by atoms with Crippen LogP contribution in [0.3, 0.4) is 0 Å². The zero-order valence-electron chi connectivity index (χ0n) is 11.0. The molecule has 0 atom stereocenters. The van der Waals surface area contributed by atoms with Crippen LogP contribution in [0, 0.1) is 0 Å². The maximum atomic E-state index is 12.5. The first-order chi connectivity index (χ1) is 9.24. The number of nitrogens with one attached hydrogen (secondary N) is 2. The van der Waals surface area contributed by atoms with Gasteiger partial charge >= 0.3 is 6.18 Å². The van der Waals surface area contributed by atoms with Crippen LogP contribution >= 0.6 is 0 Å². The van der Waals surface area contributed by atoms with Crippen molar-refractivity contribution in [1.29, 1.82) is 0 Å². The molecule has 1 aromatic rings. The van der Waals surface area contributed by atoms with Gasteiger partial charge in [-0.05, 0) is 37.7 Å². The van der Waals surface area contributed by atoms with Crippen molar-refractivity contribution in [3.05, 3.63) is 29.8 Å². The van der Waals surface area contributed by atoms with E-state index in [9.17, 15) is 21.6 Å². The van der Waals surface area contributed by atoms with Crippen molar-refractivity contribution in [2.75, 3.05) is 23.6 Å². The van der Waals surface area contributed by atoms with Crippen LogP contribution in [-0.2, 0) is 16.2 Å². The molecule has 1 rings (SSSR count). The molecule has 0 amide bonds. The van der Waals surface area contributed by atoms with Crippen LogP contribution in [0.1, 0.15) is 18.9 Å². The summed E-state index contributed by atoms with van der Waals surface area (Å²) in [5.41, 5.74) is -0.964. The van der Waals surface area contributed by atoms with Crippen LogP contribution in [0.15, 0.2) is 24.3 Å². The number of anilines is 1. The molecule has 0 heterocycles. The summed E-state index contributed by atoms with van der Waals surface area (Å²) in [5.74, 6) is -0.143.